The SMILES string of the molecule is CN(C)C1CCCc2ccccc2S1. The summed E-state index contributed by atoms with van der Waals surface area (Å²) in [4.78, 5) is 3.80. The summed E-state index contributed by atoms with van der Waals surface area (Å²) in [6.45, 7) is 0. The first kappa shape index (κ1) is 10.1. The Balaban J connectivity index is 2.22. The molecular formula is C12H17NS. The van der Waals surface area contributed by atoms with Crippen molar-refractivity contribution in [3.63, 3.8) is 0 Å². The van der Waals surface area contributed by atoms with Gasteiger partial charge in [0.25, 0.3) is 0 Å². The third-order valence-corrected chi connectivity index (χ3v) is 4.29. The lowest BCUT2D eigenvalue weighted by molar-refractivity contribution is 0.364. The van der Waals surface area contributed by atoms with Gasteiger partial charge in [-0.05, 0) is 45.0 Å². The molecule has 1 aliphatic rings. The smallest absolute Gasteiger partial charge is 0.0599 e. The van der Waals surface area contributed by atoms with E-state index in [2.05, 4.69) is 43.3 Å². The van der Waals surface area contributed by atoms with Gasteiger partial charge in [0, 0.05) is 4.90 Å². The van der Waals surface area contributed by atoms with Gasteiger partial charge in [-0.25, -0.2) is 0 Å². The molecule has 0 bridgehead atoms. The minimum Gasteiger partial charge on any atom is -0.297 e. The molecule has 0 saturated heterocycles. The van der Waals surface area contributed by atoms with Gasteiger partial charge in [0.1, 0.15) is 0 Å². The zero-order valence-corrected chi connectivity index (χ0v) is 9.68. The molecular weight excluding hydrogens is 190 g/mol. The van der Waals surface area contributed by atoms with E-state index in [9.17, 15) is 0 Å². The molecule has 1 aromatic rings. The minimum atomic E-state index is 0.652. The molecule has 1 aromatic carbocycles. The van der Waals surface area contributed by atoms with Crippen LogP contribution in [0.25, 0.3) is 0 Å². The molecule has 0 N–H and O–H groups in total. The van der Waals surface area contributed by atoms with Crippen molar-refractivity contribution in [3.05, 3.63) is 29.8 Å². The van der Waals surface area contributed by atoms with Crippen LogP contribution in [-0.4, -0.2) is 24.4 Å². The van der Waals surface area contributed by atoms with Crippen molar-refractivity contribution < 1.29 is 0 Å². The van der Waals surface area contributed by atoms with Crippen molar-refractivity contribution in [1.82, 2.24) is 4.90 Å². The highest BCUT2D eigenvalue weighted by molar-refractivity contribution is 8.00. The second-order valence-corrected chi connectivity index (χ2v) is 5.26. The Hall–Kier alpha value is -0.470. The van der Waals surface area contributed by atoms with Gasteiger partial charge in [-0.15, -0.1) is 11.8 Å². The van der Waals surface area contributed by atoms with Crippen molar-refractivity contribution in [2.75, 3.05) is 14.1 Å². The summed E-state index contributed by atoms with van der Waals surface area (Å²) in [5.41, 5.74) is 1.53. The normalized spacial score (nSPS) is 21.8. The minimum absolute atomic E-state index is 0.652. The largest absolute Gasteiger partial charge is 0.297 e. The topological polar surface area (TPSA) is 3.24 Å². The molecule has 0 amide bonds. The highest BCUT2D eigenvalue weighted by atomic mass is 32.2. The Morgan fingerprint density at radius 3 is 2.86 bits per heavy atom. The van der Waals surface area contributed by atoms with Crippen LogP contribution in [0.4, 0.5) is 0 Å². The van der Waals surface area contributed by atoms with Crippen LogP contribution in [0.1, 0.15) is 18.4 Å². The molecule has 76 valence electrons. The summed E-state index contributed by atoms with van der Waals surface area (Å²) in [6.07, 6.45) is 3.85. The van der Waals surface area contributed by atoms with Crippen LogP contribution in [0.15, 0.2) is 29.2 Å². The van der Waals surface area contributed by atoms with Crippen LogP contribution in [0.2, 0.25) is 0 Å². The van der Waals surface area contributed by atoms with E-state index in [1.807, 2.05) is 11.8 Å². The molecule has 2 heteroatoms. The van der Waals surface area contributed by atoms with Crippen molar-refractivity contribution in [2.24, 2.45) is 0 Å². The average molecular weight is 207 g/mol. The van der Waals surface area contributed by atoms with Crippen LogP contribution >= 0.6 is 11.8 Å². The lowest BCUT2D eigenvalue weighted by Gasteiger charge is -2.21. The number of hydrogen-bond donors (Lipinski definition) is 0. The number of aryl methyl sites for hydroxylation is 1. The average Bonchev–Trinajstić information content (AvgIpc) is 2.39. The summed E-state index contributed by atoms with van der Waals surface area (Å²) in [6, 6.07) is 8.81. The van der Waals surface area contributed by atoms with Gasteiger partial charge in [-0.1, -0.05) is 18.2 Å². The van der Waals surface area contributed by atoms with Gasteiger partial charge >= 0.3 is 0 Å². The van der Waals surface area contributed by atoms with E-state index in [1.165, 1.54) is 29.7 Å². The van der Waals surface area contributed by atoms with E-state index in [1.54, 1.807) is 0 Å². The molecule has 1 nitrogen and oxygen atoms in total. The molecule has 0 fully saturated rings. The number of hydrogen-bond acceptors (Lipinski definition) is 2. The third kappa shape index (κ3) is 2.12. The molecule has 1 atom stereocenters. The molecule has 0 spiro atoms. The second-order valence-electron chi connectivity index (χ2n) is 4.04. The molecule has 1 unspecified atom stereocenters. The lowest BCUT2D eigenvalue weighted by atomic mass is 10.1. The van der Waals surface area contributed by atoms with Crippen LogP contribution in [0.5, 0.6) is 0 Å². The first-order valence-electron chi connectivity index (χ1n) is 5.18. The van der Waals surface area contributed by atoms with Crippen LogP contribution in [0, 0.1) is 0 Å². The van der Waals surface area contributed by atoms with Crippen LogP contribution < -0.4 is 0 Å². The molecule has 0 aliphatic carbocycles. The molecule has 1 heterocycles. The van der Waals surface area contributed by atoms with Gasteiger partial charge in [0.05, 0.1) is 5.37 Å². The van der Waals surface area contributed by atoms with E-state index in [4.69, 9.17) is 0 Å². The van der Waals surface area contributed by atoms with Gasteiger partial charge in [0.2, 0.25) is 0 Å². The van der Waals surface area contributed by atoms with Crippen molar-refractivity contribution in [2.45, 2.75) is 29.5 Å². The highest BCUT2D eigenvalue weighted by Crippen LogP contribution is 2.34. The maximum absolute atomic E-state index is 2.33. The van der Waals surface area contributed by atoms with Gasteiger partial charge < -0.3 is 0 Å². The third-order valence-electron chi connectivity index (χ3n) is 2.71. The predicted octanol–water partition coefficient (Wildman–Crippen LogP) is 3.00. The highest BCUT2D eigenvalue weighted by Gasteiger charge is 2.18. The van der Waals surface area contributed by atoms with Crippen molar-refractivity contribution in [3.8, 4) is 0 Å². The molecule has 2 rings (SSSR count). The van der Waals surface area contributed by atoms with Crippen LogP contribution in [-0.2, 0) is 6.42 Å². The molecule has 0 radical (unpaired) electrons. The number of thioether (sulfide) groups is 1. The number of nitrogens with zero attached hydrogens (tertiary/aromatic N) is 1. The van der Waals surface area contributed by atoms with Crippen LogP contribution in [0.3, 0.4) is 0 Å². The fourth-order valence-electron chi connectivity index (χ4n) is 1.86. The quantitative estimate of drug-likeness (QED) is 0.696. The Labute approximate surface area is 90.5 Å². The summed E-state index contributed by atoms with van der Waals surface area (Å²) in [7, 11) is 4.34. The number of rotatable bonds is 1. The monoisotopic (exact) mass is 207 g/mol. The standard InChI is InChI=1S/C12H17NS/c1-13(2)12-9-5-7-10-6-3-4-8-11(10)14-12/h3-4,6,8,12H,5,7,9H2,1-2H3. The number of fused-ring (bicyclic) bond motifs is 1. The molecule has 0 aromatic heterocycles. The maximum Gasteiger partial charge on any atom is 0.0599 e. The van der Waals surface area contributed by atoms with Crippen molar-refractivity contribution in [1.29, 1.82) is 0 Å². The van der Waals surface area contributed by atoms with E-state index in [0.717, 1.165) is 0 Å². The van der Waals surface area contributed by atoms with E-state index < -0.39 is 0 Å². The summed E-state index contributed by atoms with van der Waals surface area (Å²) >= 11 is 2.01. The van der Waals surface area contributed by atoms with Gasteiger partial charge in [0.15, 0.2) is 0 Å². The molecule has 0 saturated carbocycles. The van der Waals surface area contributed by atoms with E-state index in [0.29, 0.717) is 5.37 Å². The fourth-order valence-corrected chi connectivity index (χ4v) is 3.13. The lowest BCUT2D eigenvalue weighted by Crippen LogP contribution is -2.23. The Bertz CT molecular complexity index is 309. The predicted molar refractivity (Wildman–Crippen MR) is 62.7 cm³/mol. The first-order chi connectivity index (χ1) is 6.77. The van der Waals surface area contributed by atoms with E-state index >= 15 is 0 Å². The Morgan fingerprint density at radius 1 is 1.29 bits per heavy atom. The van der Waals surface area contributed by atoms with Gasteiger partial charge in [-0.3, -0.25) is 4.90 Å². The first-order valence-corrected chi connectivity index (χ1v) is 6.06. The number of benzene rings is 1. The summed E-state index contributed by atoms with van der Waals surface area (Å²) < 4.78 is 0. The zero-order chi connectivity index (χ0) is 9.97. The van der Waals surface area contributed by atoms with Crippen molar-refractivity contribution >= 4 is 11.8 Å². The second kappa shape index (κ2) is 4.37. The summed E-state index contributed by atoms with van der Waals surface area (Å²) in [5, 5.41) is 0.652. The fraction of sp³-hybridized carbons (Fsp3) is 0.500. The Kier molecular flexibility index (Phi) is 3.14. The Morgan fingerprint density at radius 2 is 2.07 bits per heavy atom. The molecule has 1 aliphatic heterocycles. The summed E-state index contributed by atoms with van der Waals surface area (Å²) in [5.74, 6) is 0. The van der Waals surface area contributed by atoms with Gasteiger partial charge in [-0.2, -0.15) is 0 Å². The zero-order valence-electron chi connectivity index (χ0n) is 8.86. The van der Waals surface area contributed by atoms with E-state index in [-0.39, 0.29) is 0 Å². The molecule has 14 heavy (non-hydrogen) atoms. The maximum atomic E-state index is 2.33.